The van der Waals surface area contributed by atoms with E-state index in [1.54, 1.807) is 47.4 Å². The Morgan fingerprint density at radius 3 is 2.39 bits per heavy atom. The summed E-state index contributed by atoms with van der Waals surface area (Å²) < 4.78 is 0. The largest absolute Gasteiger partial charge is 0.308 e. The third-order valence-electron chi connectivity index (χ3n) is 3.86. The number of carbonyl (C=O) groups is 2. The molecule has 0 spiro atoms. The first-order valence-electron chi connectivity index (χ1n) is 7.34. The molecule has 1 aliphatic heterocycles. The van der Waals surface area contributed by atoms with Crippen molar-refractivity contribution in [1.29, 1.82) is 5.26 Å². The normalized spacial score (nSPS) is 15.1. The summed E-state index contributed by atoms with van der Waals surface area (Å²) >= 11 is 0. The molecular weight excluding hydrogens is 288 g/mol. The minimum Gasteiger partial charge on any atom is -0.308 e. The molecule has 23 heavy (non-hydrogen) atoms. The lowest BCUT2D eigenvalue weighted by molar-refractivity contribution is -0.113. The minimum absolute atomic E-state index is 0.107. The maximum atomic E-state index is 12.7. The number of rotatable bonds is 3. The van der Waals surface area contributed by atoms with Crippen molar-refractivity contribution in [2.75, 3.05) is 11.4 Å². The Morgan fingerprint density at radius 1 is 1.09 bits per heavy atom. The van der Waals surface area contributed by atoms with Gasteiger partial charge in [0.1, 0.15) is 11.6 Å². The number of nitrogens with zero attached hydrogens (tertiary/aromatic N) is 2. The highest BCUT2D eigenvalue weighted by Gasteiger charge is 2.35. The first-order chi connectivity index (χ1) is 11.2. The number of hydrogen-bond acceptors (Lipinski definition) is 3. The summed E-state index contributed by atoms with van der Waals surface area (Å²) in [6.45, 7) is 2.35. The highest BCUT2D eigenvalue weighted by Crippen LogP contribution is 2.38. The van der Waals surface area contributed by atoms with Crippen LogP contribution >= 0.6 is 0 Å². The van der Waals surface area contributed by atoms with Gasteiger partial charge in [0.05, 0.1) is 11.3 Å². The number of carbonyl (C=O) groups excluding carboxylic acids is 2. The monoisotopic (exact) mass is 302 g/mol. The summed E-state index contributed by atoms with van der Waals surface area (Å²) in [6, 6.07) is 17.7. The number of benzene rings is 2. The average molecular weight is 302 g/mol. The van der Waals surface area contributed by atoms with Gasteiger partial charge >= 0.3 is 0 Å². The van der Waals surface area contributed by atoms with Gasteiger partial charge in [-0.15, -0.1) is 0 Å². The number of para-hydroxylation sites is 1. The van der Waals surface area contributed by atoms with Crippen molar-refractivity contribution in [3.8, 4) is 6.07 Å². The number of nitriles is 1. The molecule has 1 amide bonds. The second-order valence-electron chi connectivity index (χ2n) is 5.12. The lowest BCUT2D eigenvalue weighted by Gasteiger charge is -2.13. The molecule has 3 rings (SSSR count). The molecule has 0 fully saturated rings. The van der Waals surface area contributed by atoms with E-state index >= 15 is 0 Å². The van der Waals surface area contributed by atoms with Crippen LogP contribution in [0.15, 0.2) is 60.2 Å². The first kappa shape index (κ1) is 14.7. The third kappa shape index (κ3) is 2.33. The Labute approximate surface area is 134 Å². The summed E-state index contributed by atoms with van der Waals surface area (Å²) in [5.41, 5.74) is 1.86. The molecule has 0 radical (unpaired) electrons. The maximum absolute atomic E-state index is 12.7. The van der Waals surface area contributed by atoms with E-state index in [1.165, 1.54) is 0 Å². The van der Waals surface area contributed by atoms with E-state index in [1.807, 2.05) is 25.1 Å². The number of fused-ring (bicyclic) bond motifs is 1. The van der Waals surface area contributed by atoms with E-state index in [-0.39, 0.29) is 17.1 Å². The molecule has 1 aliphatic rings. The van der Waals surface area contributed by atoms with Gasteiger partial charge in [-0.25, -0.2) is 0 Å². The number of Topliss-reactive ketones (excluding diaryl/α,β-unsaturated/α-hetero) is 1. The van der Waals surface area contributed by atoms with Crippen LogP contribution in [-0.4, -0.2) is 18.2 Å². The average Bonchev–Trinajstić information content (AvgIpc) is 2.88. The zero-order chi connectivity index (χ0) is 16.4. The SMILES string of the molecule is CCN1C(=O)C(=C(C#N)C(=O)c2ccccc2)c2ccccc21. The van der Waals surface area contributed by atoms with Crippen LogP contribution in [0, 0.1) is 11.3 Å². The van der Waals surface area contributed by atoms with Gasteiger partial charge in [-0.2, -0.15) is 5.26 Å². The van der Waals surface area contributed by atoms with Crippen LogP contribution in [0.25, 0.3) is 5.57 Å². The zero-order valence-electron chi connectivity index (χ0n) is 12.6. The molecule has 2 aromatic rings. The van der Waals surface area contributed by atoms with Crippen molar-refractivity contribution >= 4 is 23.0 Å². The van der Waals surface area contributed by atoms with Crippen LogP contribution in [-0.2, 0) is 4.79 Å². The third-order valence-corrected chi connectivity index (χ3v) is 3.86. The molecule has 0 saturated carbocycles. The van der Waals surface area contributed by atoms with Gasteiger partial charge in [-0.3, -0.25) is 9.59 Å². The van der Waals surface area contributed by atoms with Crippen LogP contribution in [0.5, 0.6) is 0 Å². The molecule has 112 valence electrons. The number of likely N-dealkylation sites (N-methyl/N-ethyl adjacent to an activating group) is 1. The van der Waals surface area contributed by atoms with Crippen molar-refractivity contribution in [3.05, 3.63) is 71.3 Å². The smallest absolute Gasteiger partial charge is 0.260 e. The first-order valence-corrected chi connectivity index (χ1v) is 7.34. The van der Waals surface area contributed by atoms with E-state index in [0.29, 0.717) is 17.7 Å². The van der Waals surface area contributed by atoms with Crippen LogP contribution in [0.4, 0.5) is 5.69 Å². The highest BCUT2D eigenvalue weighted by atomic mass is 16.2. The Kier molecular flexibility index (Phi) is 3.78. The number of anilines is 1. The predicted octanol–water partition coefficient (Wildman–Crippen LogP) is 3.21. The van der Waals surface area contributed by atoms with Crippen molar-refractivity contribution in [2.24, 2.45) is 0 Å². The van der Waals surface area contributed by atoms with Gasteiger partial charge in [-0.05, 0) is 13.0 Å². The van der Waals surface area contributed by atoms with E-state index in [2.05, 4.69) is 0 Å². The fourth-order valence-electron chi connectivity index (χ4n) is 2.79. The fraction of sp³-hybridized carbons (Fsp3) is 0.105. The van der Waals surface area contributed by atoms with Crippen LogP contribution in [0.2, 0.25) is 0 Å². The second kappa shape index (κ2) is 5.90. The Bertz CT molecular complexity index is 860. The van der Waals surface area contributed by atoms with Crippen molar-refractivity contribution in [1.82, 2.24) is 0 Å². The predicted molar refractivity (Wildman–Crippen MR) is 87.8 cm³/mol. The lowest BCUT2D eigenvalue weighted by atomic mass is 9.95. The summed E-state index contributed by atoms with van der Waals surface area (Å²) in [5, 5.41) is 9.52. The molecule has 4 heteroatoms. The molecule has 4 nitrogen and oxygen atoms in total. The summed E-state index contributed by atoms with van der Waals surface area (Å²) in [7, 11) is 0. The number of ketones is 1. The fourth-order valence-corrected chi connectivity index (χ4v) is 2.79. The Morgan fingerprint density at radius 2 is 1.74 bits per heavy atom. The van der Waals surface area contributed by atoms with E-state index in [0.717, 1.165) is 5.69 Å². The zero-order valence-corrected chi connectivity index (χ0v) is 12.6. The van der Waals surface area contributed by atoms with Crippen molar-refractivity contribution < 1.29 is 9.59 Å². The van der Waals surface area contributed by atoms with E-state index in [9.17, 15) is 14.9 Å². The second-order valence-corrected chi connectivity index (χ2v) is 5.12. The molecule has 0 saturated heterocycles. The maximum Gasteiger partial charge on any atom is 0.260 e. The number of amides is 1. The van der Waals surface area contributed by atoms with Gasteiger partial charge < -0.3 is 4.90 Å². The molecule has 0 atom stereocenters. The van der Waals surface area contributed by atoms with E-state index in [4.69, 9.17) is 0 Å². The van der Waals surface area contributed by atoms with Gasteiger partial charge in [-0.1, -0.05) is 48.5 Å². The number of hydrogen-bond donors (Lipinski definition) is 0. The van der Waals surface area contributed by atoms with Gasteiger partial charge in [0.2, 0.25) is 5.78 Å². The van der Waals surface area contributed by atoms with Crippen molar-refractivity contribution in [2.45, 2.75) is 6.92 Å². The summed E-state index contributed by atoms with van der Waals surface area (Å²) in [4.78, 5) is 26.9. The van der Waals surface area contributed by atoms with Gasteiger partial charge in [0.25, 0.3) is 5.91 Å². The Balaban J connectivity index is 2.21. The highest BCUT2D eigenvalue weighted by molar-refractivity contribution is 6.38. The van der Waals surface area contributed by atoms with Crippen LogP contribution in [0.1, 0.15) is 22.8 Å². The molecular formula is C19H14N2O2. The van der Waals surface area contributed by atoms with Gasteiger partial charge in [0, 0.05) is 17.7 Å². The molecule has 0 aliphatic carbocycles. The summed E-state index contributed by atoms with van der Waals surface area (Å²) in [6.07, 6.45) is 0. The molecule has 0 N–H and O–H groups in total. The molecule has 0 unspecified atom stereocenters. The van der Waals surface area contributed by atoms with Crippen molar-refractivity contribution in [3.63, 3.8) is 0 Å². The lowest BCUT2D eigenvalue weighted by Crippen LogP contribution is -2.26. The summed E-state index contributed by atoms with van der Waals surface area (Å²) in [5.74, 6) is -0.723. The van der Waals surface area contributed by atoms with Gasteiger partial charge in [0.15, 0.2) is 0 Å². The standard InChI is InChI=1S/C19H14N2O2/c1-2-21-16-11-7-6-10-14(16)17(19(21)23)15(12-20)18(22)13-8-4-3-5-9-13/h3-11H,2H2,1H3. The quantitative estimate of drug-likeness (QED) is 0.497. The molecule has 1 heterocycles. The number of allylic oxidation sites excluding steroid dienone is 1. The van der Waals surface area contributed by atoms with E-state index < -0.39 is 5.78 Å². The Hall–Kier alpha value is -3.19. The van der Waals surface area contributed by atoms with Crippen LogP contribution < -0.4 is 4.90 Å². The molecule has 0 aromatic heterocycles. The topological polar surface area (TPSA) is 61.2 Å². The van der Waals surface area contributed by atoms with Crippen LogP contribution in [0.3, 0.4) is 0 Å². The molecule has 2 aromatic carbocycles. The minimum atomic E-state index is -0.427. The molecule has 0 bridgehead atoms.